The summed E-state index contributed by atoms with van der Waals surface area (Å²) in [6.07, 6.45) is 0. The Kier molecular flexibility index (Phi) is 6.56. The van der Waals surface area contributed by atoms with Crippen molar-refractivity contribution in [2.45, 2.75) is 23.7 Å². The van der Waals surface area contributed by atoms with E-state index in [4.69, 9.17) is 14.7 Å². The van der Waals surface area contributed by atoms with Gasteiger partial charge < -0.3 is 10.1 Å². The number of thioether (sulfide) groups is 1. The van der Waals surface area contributed by atoms with Crippen LogP contribution >= 0.6 is 11.8 Å². The van der Waals surface area contributed by atoms with E-state index in [2.05, 4.69) is 10.2 Å². The van der Waals surface area contributed by atoms with Crippen LogP contribution in [0.3, 0.4) is 0 Å². The third-order valence-corrected chi connectivity index (χ3v) is 5.94. The molecule has 1 aliphatic heterocycles. The Morgan fingerprint density at radius 3 is 2.80 bits per heavy atom. The van der Waals surface area contributed by atoms with Crippen LogP contribution in [0.1, 0.15) is 12.7 Å². The highest BCUT2D eigenvalue weighted by atomic mass is 32.2. The van der Waals surface area contributed by atoms with Gasteiger partial charge in [0.05, 0.1) is 30.5 Å². The van der Waals surface area contributed by atoms with Crippen molar-refractivity contribution in [2.24, 2.45) is 0 Å². The lowest BCUT2D eigenvalue weighted by atomic mass is 10.2. The average Bonchev–Trinajstić information content (AvgIpc) is 2.74. The molecule has 0 spiro atoms. The van der Waals surface area contributed by atoms with Gasteiger partial charge in [0, 0.05) is 24.2 Å². The number of amides is 1. The van der Waals surface area contributed by atoms with Crippen LogP contribution in [0.5, 0.6) is 0 Å². The fourth-order valence-electron chi connectivity index (χ4n) is 3.24. The third-order valence-electron chi connectivity index (χ3n) is 4.83. The van der Waals surface area contributed by atoms with Gasteiger partial charge >= 0.3 is 0 Å². The third kappa shape index (κ3) is 5.13. The van der Waals surface area contributed by atoms with Crippen LogP contribution < -0.4 is 5.32 Å². The molecule has 0 radical (unpaired) electrons. The van der Waals surface area contributed by atoms with E-state index in [1.165, 1.54) is 23.9 Å². The molecule has 156 valence electrons. The van der Waals surface area contributed by atoms with E-state index in [0.29, 0.717) is 25.4 Å². The highest BCUT2D eigenvalue weighted by Crippen LogP contribution is 2.29. The first-order valence-electron chi connectivity index (χ1n) is 9.87. The van der Waals surface area contributed by atoms with Crippen molar-refractivity contribution in [2.75, 3.05) is 31.6 Å². The lowest BCUT2D eigenvalue weighted by molar-refractivity contribution is -0.115. The SMILES string of the molecule is CC(Sc1nc(CN2CCOCC2)nc2ccccc12)C(=O)Nc1cccc(F)c1. The lowest BCUT2D eigenvalue weighted by Gasteiger charge is -2.26. The van der Waals surface area contributed by atoms with Crippen LogP contribution in [-0.2, 0) is 16.1 Å². The summed E-state index contributed by atoms with van der Waals surface area (Å²) in [6.45, 7) is 5.60. The molecule has 1 fully saturated rings. The van der Waals surface area contributed by atoms with Gasteiger partial charge in [-0.3, -0.25) is 9.69 Å². The zero-order valence-electron chi connectivity index (χ0n) is 16.7. The predicted molar refractivity (Wildman–Crippen MR) is 116 cm³/mol. The minimum Gasteiger partial charge on any atom is -0.379 e. The fraction of sp³-hybridized carbons (Fsp3) is 0.318. The number of hydrogen-bond acceptors (Lipinski definition) is 6. The van der Waals surface area contributed by atoms with Gasteiger partial charge in [0.15, 0.2) is 0 Å². The number of nitrogens with one attached hydrogen (secondary N) is 1. The summed E-state index contributed by atoms with van der Waals surface area (Å²) < 4.78 is 18.8. The van der Waals surface area contributed by atoms with Gasteiger partial charge in [-0.2, -0.15) is 0 Å². The van der Waals surface area contributed by atoms with E-state index in [1.54, 1.807) is 12.1 Å². The van der Waals surface area contributed by atoms with E-state index >= 15 is 0 Å². The highest BCUT2D eigenvalue weighted by molar-refractivity contribution is 8.00. The number of anilines is 1. The van der Waals surface area contributed by atoms with Crippen LogP contribution in [0.2, 0.25) is 0 Å². The summed E-state index contributed by atoms with van der Waals surface area (Å²) >= 11 is 1.38. The highest BCUT2D eigenvalue weighted by Gasteiger charge is 2.19. The number of benzene rings is 2. The van der Waals surface area contributed by atoms with Gasteiger partial charge in [0.2, 0.25) is 5.91 Å². The number of carbonyl (C=O) groups excluding carboxylic acids is 1. The summed E-state index contributed by atoms with van der Waals surface area (Å²) in [6, 6.07) is 13.7. The first-order valence-corrected chi connectivity index (χ1v) is 10.8. The van der Waals surface area contributed by atoms with Crippen molar-refractivity contribution >= 4 is 34.3 Å². The van der Waals surface area contributed by atoms with Crippen LogP contribution in [0.25, 0.3) is 10.9 Å². The smallest absolute Gasteiger partial charge is 0.237 e. The number of ether oxygens (including phenoxy) is 1. The number of halogens is 1. The maximum absolute atomic E-state index is 13.4. The van der Waals surface area contributed by atoms with Crippen molar-refractivity contribution in [3.63, 3.8) is 0 Å². The number of morpholine rings is 1. The molecule has 2 heterocycles. The van der Waals surface area contributed by atoms with E-state index in [1.807, 2.05) is 31.2 Å². The Morgan fingerprint density at radius 1 is 1.20 bits per heavy atom. The zero-order valence-corrected chi connectivity index (χ0v) is 17.5. The predicted octanol–water partition coefficient (Wildman–Crippen LogP) is 3.72. The Bertz CT molecular complexity index is 1040. The fourth-order valence-corrected chi connectivity index (χ4v) is 4.20. The van der Waals surface area contributed by atoms with Crippen LogP contribution in [0.15, 0.2) is 53.6 Å². The van der Waals surface area contributed by atoms with Crippen LogP contribution in [0, 0.1) is 5.82 Å². The summed E-state index contributed by atoms with van der Waals surface area (Å²) in [5, 5.41) is 4.04. The second kappa shape index (κ2) is 9.51. The number of nitrogens with zero attached hydrogens (tertiary/aromatic N) is 3. The molecule has 0 aliphatic carbocycles. The number of fused-ring (bicyclic) bond motifs is 1. The number of carbonyl (C=O) groups is 1. The van der Waals surface area contributed by atoms with Crippen LogP contribution in [0.4, 0.5) is 10.1 Å². The molecule has 1 atom stereocenters. The van der Waals surface area contributed by atoms with Gasteiger partial charge in [-0.05, 0) is 31.2 Å². The Morgan fingerprint density at radius 2 is 2.00 bits per heavy atom. The summed E-state index contributed by atoms with van der Waals surface area (Å²) in [7, 11) is 0. The molecule has 1 aliphatic rings. The molecule has 1 amide bonds. The molecular weight excluding hydrogens is 403 g/mol. The van der Waals surface area contributed by atoms with E-state index in [0.717, 1.165) is 34.8 Å². The largest absolute Gasteiger partial charge is 0.379 e. The molecule has 0 bridgehead atoms. The normalized spacial score (nSPS) is 15.8. The van der Waals surface area contributed by atoms with Gasteiger partial charge in [0.25, 0.3) is 0 Å². The van der Waals surface area contributed by atoms with Crippen molar-refractivity contribution < 1.29 is 13.9 Å². The monoisotopic (exact) mass is 426 g/mol. The second-order valence-electron chi connectivity index (χ2n) is 7.11. The Balaban J connectivity index is 1.53. The van der Waals surface area contributed by atoms with E-state index in [9.17, 15) is 9.18 Å². The van der Waals surface area contributed by atoms with Crippen LogP contribution in [-0.4, -0.2) is 52.3 Å². The van der Waals surface area contributed by atoms with E-state index in [-0.39, 0.29) is 11.7 Å². The second-order valence-corrected chi connectivity index (χ2v) is 8.44. The minimum absolute atomic E-state index is 0.206. The van der Waals surface area contributed by atoms with Gasteiger partial charge in [-0.25, -0.2) is 14.4 Å². The first kappa shape index (κ1) is 20.7. The number of hydrogen-bond donors (Lipinski definition) is 1. The first-order chi connectivity index (χ1) is 14.6. The molecule has 30 heavy (non-hydrogen) atoms. The van der Waals surface area contributed by atoms with Gasteiger partial charge in [-0.15, -0.1) is 0 Å². The lowest BCUT2D eigenvalue weighted by Crippen LogP contribution is -2.36. The maximum Gasteiger partial charge on any atom is 0.237 e. The van der Waals surface area contributed by atoms with Crippen molar-refractivity contribution in [3.05, 3.63) is 60.2 Å². The molecule has 1 aromatic heterocycles. The molecule has 2 aromatic carbocycles. The Labute approximate surface area is 178 Å². The topological polar surface area (TPSA) is 67.3 Å². The zero-order chi connectivity index (χ0) is 20.9. The molecule has 0 saturated carbocycles. The molecule has 1 N–H and O–H groups in total. The number of aromatic nitrogens is 2. The standard InChI is InChI=1S/C22H23FN4O2S/c1-15(21(28)24-17-6-4-5-16(23)13-17)30-22-18-7-2-3-8-19(18)25-20(26-22)14-27-9-11-29-12-10-27/h2-8,13,15H,9-12,14H2,1H3,(H,24,28). The summed E-state index contributed by atoms with van der Waals surface area (Å²) in [5.41, 5.74) is 1.30. The molecule has 6 nitrogen and oxygen atoms in total. The summed E-state index contributed by atoms with van der Waals surface area (Å²) in [4.78, 5) is 24.4. The molecule has 8 heteroatoms. The number of rotatable bonds is 6. The van der Waals surface area contributed by atoms with Crippen molar-refractivity contribution in [1.82, 2.24) is 14.9 Å². The molecule has 4 rings (SSSR count). The number of para-hydroxylation sites is 1. The van der Waals surface area contributed by atoms with Gasteiger partial charge in [0.1, 0.15) is 16.7 Å². The Hall–Kier alpha value is -2.55. The molecule has 1 unspecified atom stereocenters. The molecule has 1 saturated heterocycles. The molecular formula is C22H23FN4O2S. The van der Waals surface area contributed by atoms with E-state index < -0.39 is 5.25 Å². The summed E-state index contributed by atoms with van der Waals surface area (Å²) in [5.74, 6) is 0.140. The minimum atomic E-state index is -0.414. The van der Waals surface area contributed by atoms with Gasteiger partial charge in [-0.1, -0.05) is 36.0 Å². The maximum atomic E-state index is 13.4. The van der Waals surface area contributed by atoms with Crippen molar-refractivity contribution in [1.29, 1.82) is 0 Å². The average molecular weight is 427 g/mol. The quantitative estimate of drug-likeness (QED) is 0.479. The molecule has 3 aromatic rings. The van der Waals surface area contributed by atoms with Crippen molar-refractivity contribution in [3.8, 4) is 0 Å².